The SMILES string of the molecule is Br\C1=C/C=C\C=C\CCCCCC1. The van der Waals surface area contributed by atoms with E-state index >= 15 is 0 Å². The molecule has 0 unspecified atom stereocenters. The zero-order chi connectivity index (χ0) is 9.36. The summed E-state index contributed by atoms with van der Waals surface area (Å²) in [6.45, 7) is 0. The van der Waals surface area contributed by atoms with Gasteiger partial charge in [0.05, 0.1) is 0 Å². The van der Waals surface area contributed by atoms with Crippen molar-refractivity contribution in [1.82, 2.24) is 0 Å². The minimum atomic E-state index is 1.19. The molecule has 72 valence electrons. The molecule has 0 atom stereocenters. The van der Waals surface area contributed by atoms with Crippen LogP contribution in [0.15, 0.2) is 34.9 Å². The first kappa shape index (κ1) is 10.8. The lowest BCUT2D eigenvalue weighted by Gasteiger charge is -2.00. The molecule has 0 fully saturated rings. The Labute approximate surface area is 89.5 Å². The summed E-state index contributed by atoms with van der Waals surface area (Å²) in [5, 5.41) is 0. The van der Waals surface area contributed by atoms with Crippen LogP contribution >= 0.6 is 15.9 Å². The summed E-state index contributed by atoms with van der Waals surface area (Å²) in [6.07, 6.45) is 18.5. The van der Waals surface area contributed by atoms with Crippen LogP contribution in [0.3, 0.4) is 0 Å². The van der Waals surface area contributed by atoms with Crippen molar-refractivity contribution in [2.45, 2.75) is 38.5 Å². The average molecular weight is 241 g/mol. The van der Waals surface area contributed by atoms with Gasteiger partial charge in [-0.15, -0.1) is 0 Å². The topological polar surface area (TPSA) is 0 Å². The highest BCUT2D eigenvalue weighted by molar-refractivity contribution is 9.11. The minimum Gasteiger partial charge on any atom is -0.0845 e. The number of hydrogen-bond donors (Lipinski definition) is 0. The van der Waals surface area contributed by atoms with Crippen molar-refractivity contribution < 1.29 is 0 Å². The van der Waals surface area contributed by atoms with Gasteiger partial charge in [0.1, 0.15) is 0 Å². The maximum Gasteiger partial charge on any atom is -0.00494 e. The maximum absolute atomic E-state index is 3.56. The van der Waals surface area contributed by atoms with Gasteiger partial charge in [-0.05, 0) is 30.2 Å². The Balaban J connectivity index is 2.45. The fourth-order valence-electron chi connectivity index (χ4n) is 1.39. The van der Waals surface area contributed by atoms with E-state index in [9.17, 15) is 0 Å². The van der Waals surface area contributed by atoms with Gasteiger partial charge in [0.2, 0.25) is 0 Å². The molecule has 1 aliphatic rings. The monoisotopic (exact) mass is 240 g/mol. The second-order valence-corrected chi connectivity index (χ2v) is 4.40. The van der Waals surface area contributed by atoms with Gasteiger partial charge < -0.3 is 0 Å². The minimum absolute atomic E-state index is 1.19. The van der Waals surface area contributed by atoms with Gasteiger partial charge in [-0.3, -0.25) is 0 Å². The molecular formula is C12H17Br. The molecule has 0 N–H and O–H groups in total. The second-order valence-electron chi connectivity index (χ2n) is 3.38. The van der Waals surface area contributed by atoms with Gasteiger partial charge >= 0.3 is 0 Å². The van der Waals surface area contributed by atoms with Crippen molar-refractivity contribution in [3.63, 3.8) is 0 Å². The molecule has 0 nitrogen and oxygen atoms in total. The van der Waals surface area contributed by atoms with Crippen LogP contribution < -0.4 is 0 Å². The van der Waals surface area contributed by atoms with Crippen molar-refractivity contribution in [2.24, 2.45) is 0 Å². The van der Waals surface area contributed by atoms with Gasteiger partial charge in [0.25, 0.3) is 0 Å². The first-order valence-corrected chi connectivity index (χ1v) is 5.87. The highest BCUT2D eigenvalue weighted by Crippen LogP contribution is 2.16. The van der Waals surface area contributed by atoms with Crippen LogP contribution in [0.2, 0.25) is 0 Å². The molecule has 1 aliphatic carbocycles. The summed E-state index contributed by atoms with van der Waals surface area (Å²) >= 11 is 3.56. The molecular weight excluding hydrogens is 224 g/mol. The highest BCUT2D eigenvalue weighted by atomic mass is 79.9. The molecule has 1 heteroatoms. The van der Waals surface area contributed by atoms with Crippen molar-refractivity contribution >= 4 is 15.9 Å². The van der Waals surface area contributed by atoms with Crippen LogP contribution in [0, 0.1) is 0 Å². The third-order valence-corrected chi connectivity index (χ3v) is 2.83. The number of hydrogen-bond acceptors (Lipinski definition) is 0. The van der Waals surface area contributed by atoms with E-state index in [1.54, 1.807) is 0 Å². The van der Waals surface area contributed by atoms with Crippen LogP contribution in [0.5, 0.6) is 0 Å². The Morgan fingerprint density at radius 1 is 0.923 bits per heavy atom. The lowest BCUT2D eigenvalue weighted by molar-refractivity contribution is 0.651. The first-order chi connectivity index (χ1) is 6.39. The molecule has 1 rings (SSSR count). The van der Waals surface area contributed by atoms with E-state index in [1.807, 2.05) is 0 Å². The molecule has 0 radical (unpaired) electrons. The molecule has 13 heavy (non-hydrogen) atoms. The number of rotatable bonds is 0. The molecule has 0 aliphatic heterocycles. The normalized spacial score (nSPS) is 29.2. The Morgan fingerprint density at radius 2 is 1.77 bits per heavy atom. The lowest BCUT2D eigenvalue weighted by Crippen LogP contribution is -1.79. The zero-order valence-electron chi connectivity index (χ0n) is 8.01. The van der Waals surface area contributed by atoms with Crippen molar-refractivity contribution in [1.29, 1.82) is 0 Å². The first-order valence-electron chi connectivity index (χ1n) is 5.07. The fraction of sp³-hybridized carbons (Fsp3) is 0.500. The van der Waals surface area contributed by atoms with Crippen LogP contribution in [0.1, 0.15) is 38.5 Å². The average Bonchev–Trinajstić information content (AvgIpc) is 2.11. The maximum atomic E-state index is 3.56. The summed E-state index contributed by atoms with van der Waals surface area (Å²) in [6, 6.07) is 0. The standard InChI is InChI=1S/C12H17Br/c13-12-10-8-6-4-2-1-3-5-7-9-11-12/h2,4,6,8,10H,1,3,5,7,9,11H2/b4-2+,8-6-,12-10-. The summed E-state index contributed by atoms with van der Waals surface area (Å²) in [5.74, 6) is 0. The van der Waals surface area contributed by atoms with E-state index in [4.69, 9.17) is 0 Å². The molecule has 0 amide bonds. The molecule has 0 saturated heterocycles. The quantitative estimate of drug-likeness (QED) is 0.575. The van der Waals surface area contributed by atoms with Crippen LogP contribution in [0.25, 0.3) is 0 Å². The molecule has 0 aromatic carbocycles. The van der Waals surface area contributed by atoms with E-state index in [-0.39, 0.29) is 0 Å². The Morgan fingerprint density at radius 3 is 2.69 bits per heavy atom. The van der Waals surface area contributed by atoms with Gasteiger partial charge in [-0.1, -0.05) is 59.2 Å². The van der Waals surface area contributed by atoms with E-state index in [2.05, 4.69) is 46.3 Å². The van der Waals surface area contributed by atoms with E-state index < -0.39 is 0 Å². The Bertz CT molecular complexity index is 211. The molecule has 0 saturated carbocycles. The predicted molar refractivity (Wildman–Crippen MR) is 63.0 cm³/mol. The van der Waals surface area contributed by atoms with Crippen molar-refractivity contribution in [3.05, 3.63) is 34.9 Å². The fourth-order valence-corrected chi connectivity index (χ4v) is 1.82. The van der Waals surface area contributed by atoms with Gasteiger partial charge in [0, 0.05) is 0 Å². The highest BCUT2D eigenvalue weighted by Gasteiger charge is 1.92. The number of allylic oxidation sites excluding steroid dienone is 6. The molecule has 0 heterocycles. The van der Waals surface area contributed by atoms with E-state index in [0.29, 0.717) is 0 Å². The van der Waals surface area contributed by atoms with Crippen LogP contribution in [-0.2, 0) is 0 Å². The largest absolute Gasteiger partial charge is 0.0845 e. The molecule has 0 bridgehead atoms. The van der Waals surface area contributed by atoms with E-state index in [1.165, 1.54) is 43.0 Å². The van der Waals surface area contributed by atoms with Crippen LogP contribution in [-0.4, -0.2) is 0 Å². The van der Waals surface area contributed by atoms with Gasteiger partial charge in [-0.25, -0.2) is 0 Å². The Hall–Kier alpha value is -0.300. The van der Waals surface area contributed by atoms with Crippen molar-refractivity contribution in [3.8, 4) is 0 Å². The second kappa shape index (κ2) is 7.14. The summed E-state index contributed by atoms with van der Waals surface area (Å²) in [4.78, 5) is 0. The number of halogens is 1. The van der Waals surface area contributed by atoms with Crippen LogP contribution in [0.4, 0.5) is 0 Å². The Kier molecular flexibility index (Phi) is 5.92. The van der Waals surface area contributed by atoms with Crippen molar-refractivity contribution in [2.75, 3.05) is 0 Å². The third-order valence-electron chi connectivity index (χ3n) is 2.17. The smallest absolute Gasteiger partial charge is 0.00494 e. The molecule has 0 spiro atoms. The third kappa shape index (κ3) is 5.87. The lowest BCUT2D eigenvalue weighted by atomic mass is 10.1. The zero-order valence-corrected chi connectivity index (χ0v) is 9.59. The van der Waals surface area contributed by atoms with E-state index in [0.717, 1.165) is 0 Å². The summed E-state index contributed by atoms with van der Waals surface area (Å²) in [5.41, 5.74) is 0. The molecule has 0 aromatic heterocycles. The van der Waals surface area contributed by atoms with Gasteiger partial charge in [0.15, 0.2) is 0 Å². The van der Waals surface area contributed by atoms with Gasteiger partial charge in [-0.2, -0.15) is 0 Å². The predicted octanol–water partition coefficient (Wildman–Crippen LogP) is 4.73. The summed E-state index contributed by atoms with van der Waals surface area (Å²) < 4.78 is 1.32. The summed E-state index contributed by atoms with van der Waals surface area (Å²) in [7, 11) is 0. The molecule has 0 aromatic rings.